The van der Waals surface area contributed by atoms with Gasteiger partial charge in [-0.25, -0.2) is 4.98 Å². The standard InChI is InChI=1S/C10H9F3N4S2/c1-2-14-7-3-6(10(11,12)13)4-8(16-7)19-9-17-15-5-18-9/h3-5H,2H2,1H3,(H,14,16). The lowest BCUT2D eigenvalue weighted by atomic mass is 10.2. The van der Waals surface area contributed by atoms with Crippen LogP contribution in [-0.2, 0) is 6.18 Å². The molecule has 0 aliphatic heterocycles. The van der Waals surface area contributed by atoms with E-state index in [4.69, 9.17) is 0 Å². The van der Waals surface area contributed by atoms with Crippen LogP contribution in [0.1, 0.15) is 12.5 Å². The molecule has 0 aliphatic rings. The minimum atomic E-state index is -4.40. The van der Waals surface area contributed by atoms with Gasteiger partial charge >= 0.3 is 6.18 Å². The maximum Gasteiger partial charge on any atom is 0.416 e. The van der Waals surface area contributed by atoms with Crippen molar-refractivity contribution in [1.29, 1.82) is 0 Å². The largest absolute Gasteiger partial charge is 0.416 e. The van der Waals surface area contributed by atoms with E-state index < -0.39 is 11.7 Å². The summed E-state index contributed by atoms with van der Waals surface area (Å²) in [6, 6.07) is 2.00. The Morgan fingerprint density at radius 2 is 2.16 bits per heavy atom. The van der Waals surface area contributed by atoms with E-state index in [0.29, 0.717) is 10.9 Å². The third kappa shape index (κ3) is 3.80. The van der Waals surface area contributed by atoms with Crippen LogP contribution in [0.2, 0.25) is 0 Å². The predicted octanol–water partition coefficient (Wildman–Crippen LogP) is 3.53. The number of aromatic nitrogens is 3. The first-order valence-corrected chi connectivity index (χ1v) is 6.96. The van der Waals surface area contributed by atoms with Crippen LogP contribution < -0.4 is 5.32 Å². The molecule has 0 atom stereocenters. The first kappa shape index (κ1) is 14.1. The molecule has 0 spiro atoms. The molecule has 1 N–H and O–H groups in total. The van der Waals surface area contributed by atoms with E-state index in [-0.39, 0.29) is 10.8 Å². The minimum Gasteiger partial charge on any atom is -0.370 e. The zero-order valence-corrected chi connectivity index (χ0v) is 11.4. The molecule has 0 bridgehead atoms. The Kier molecular flexibility index (Phi) is 4.25. The molecule has 2 rings (SSSR count). The number of nitrogens with zero attached hydrogens (tertiary/aromatic N) is 3. The van der Waals surface area contributed by atoms with Crippen molar-refractivity contribution in [3.05, 3.63) is 23.2 Å². The first-order valence-electron chi connectivity index (χ1n) is 5.26. The molecule has 2 heterocycles. The van der Waals surface area contributed by atoms with Gasteiger partial charge in [-0.15, -0.1) is 10.2 Å². The van der Waals surface area contributed by atoms with E-state index in [1.165, 1.54) is 16.8 Å². The zero-order chi connectivity index (χ0) is 13.9. The van der Waals surface area contributed by atoms with Crippen molar-refractivity contribution < 1.29 is 13.2 Å². The maximum atomic E-state index is 12.8. The van der Waals surface area contributed by atoms with Crippen molar-refractivity contribution in [2.75, 3.05) is 11.9 Å². The summed E-state index contributed by atoms with van der Waals surface area (Å²) in [5, 5.41) is 10.4. The molecule has 0 saturated heterocycles. The molecule has 19 heavy (non-hydrogen) atoms. The summed E-state index contributed by atoms with van der Waals surface area (Å²) in [4.78, 5) is 4.10. The SMILES string of the molecule is CCNc1cc(C(F)(F)F)cc(Sc2nncs2)n1. The van der Waals surface area contributed by atoms with Gasteiger partial charge in [-0.1, -0.05) is 11.3 Å². The lowest BCUT2D eigenvalue weighted by Gasteiger charge is -2.11. The Morgan fingerprint density at radius 3 is 2.74 bits per heavy atom. The van der Waals surface area contributed by atoms with Crippen LogP contribution >= 0.6 is 23.1 Å². The highest BCUT2D eigenvalue weighted by Gasteiger charge is 2.31. The van der Waals surface area contributed by atoms with Crippen LogP contribution in [0, 0.1) is 0 Å². The van der Waals surface area contributed by atoms with E-state index >= 15 is 0 Å². The van der Waals surface area contributed by atoms with Crippen LogP contribution in [0.3, 0.4) is 0 Å². The molecular formula is C10H9F3N4S2. The topological polar surface area (TPSA) is 50.7 Å². The van der Waals surface area contributed by atoms with Crippen molar-refractivity contribution in [3.63, 3.8) is 0 Å². The fourth-order valence-corrected chi connectivity index (χ4v) is 2.74. The highest BCUT2D eigenvalue weighted by molar-refractivity contribution is 8.00. The highest BCUT2D eigenvalue weighted by Crippen LogP contribution is 2.35. The molecule has 2 aromatic heterocycles. The van der Waals surface area contributed by atoms with Crippen LogP contribution in [0.4, 0.5) is 19.0 Å². The van der Waals surface area contributed by atoms with Gasteiger partial charge in [0.05, 0.1) is 5.56 Å². The van der Waals surface area contributed by atoms with E-state index in [2.05, 4.69) is 20.5 Å². The van der Waals surface area contributed by atoms with Crippen molar-refractivity contribution in [1.82, 2.24) is 15.2 Å². The van der Waals surface area contributed by atoms with Gasteiger partial charge in [-0.2, -0.15) is 13.2 Å². The van der Waals surface area contributed by atoms with Gasteiger partial charge in [0, 0.05) is 6.54 Å². The predicted molar refractivity (Wildman–Crippen MR) is 67.4 cm³/mol. The van der Waals surface area contributed by atoms with Gasteiger partial charge in [0.1, 0.15) is 16.4 Å². The van der Waals surface area contributed by atoms with Crippen LogP contribution in [0.5, 0.6) is 0 Å². The number of pyridine rings is 1. The highest BCUT2D eigenvalue weighted by atomic mass is 32.2. The number of anilines is 1. The van der Waals surface area contributed by atoms with E-state index in [0.717, 1.165) is 23.9 Å². The van der Waals surface area contributed by atoms with Gasteiger partial charge in [0.2, 0.25) is 0 Å². The quantitative estimate of drug-likeness (QED) is 0.936. The Bertz CT molecular complexity index is 542. The summed E-state index contributed by atoms with van der Waals surface area (Å²) in [5.74, 6) is 0.198. The molecule has 0 radical (unpaired) electrons. The summed E-state index contributed by atoms with van der Waals surface area (Å²) in [6.07, 6.45) is -4.40. The second-order valence-electron chi connectivity index (χ2n) is 3.41. The first-order chi connectivity index (χ1) is 8.99. The summed E-state index contributed by atoms with van der Waals surface area (Å²) in [7, 11) is 0. The third-order valence-electron chi connectivity index (χ3n) is 2.02. The second kappa shape index (κ2) is 5.74. The Morgan fingerprint density at radius 1 is 1.37 bits per heavy atom. The molecule has 102 valence electrons. The average molecular weight is 306 g/mol. The lowest BCUT2D eigenvalue weighted by Crippen LogP contribution is -2.08. The molecule has 2 aromatic rings. The summed E-state index contributed by atoms with van der Waals surface area (Å²) >= 11 is 2.31. The number of hydrogen-bond donors (Lipinski definition) is 1. The van der Waals surface area contributed by atoms with E-state index in [1.807, 2.05) is 0 Å². The molecule has 9 heteroatoms. The smallest absolute Gasteiger partial charge is 0.370 e. The van der Waals surface area contributed by atoms with Crippen molar-refractivity contribution in [2.45, 2.75) is 22.5 Å². The summed E-state index contributed by atoms with van der Waals surface area (Å²) in [5.41, 5.74) is 0.784. The molecule has 0 aliphatic carbocycles. The Balaban J connectivity index is 2.34. The van der Waals surface area contributed by atoms with Crippen molar-refractivity contribution >= 4 is 28.9 Å². The number of rotatable bonds is 4. The normalized spacial score (nSPS) is 11.6. The van der Waals surface area contributed by atoms with Gasteiger partial charge in [-0.3, -0.25) is 0 Å². The monoisotopic (exact) mass is 306 g/mol. The molecular weight excluding hydrogens is 297 g/mol. The van der Waals surface area contributed by atoms with Gasteiger partial charge < -0.3 is 5.32 Å². The Hall–Kier alpha value is -1.35. The molecule has 0 unspecified atom stereocenters. The summed E-state index contributed by atoms with van der Waals surface area (Å²) < 4.78 is 38.9. The van der Waals surface area contributed by atoms with Crippen molar-refractivity contribution in [3.8, 4) is 0 Å². The molecule has 4 nitrogen and oxygen atoms in total. The van der Waals surface area contributed by atoms with E-state index in [1.54, 1.807) is 6.92 Å². The second-order valence-corrected chi connectivity index (χ2v) is 5.51. The van der Waals surface area contributed by atoms with Crippen LogP contribution in [-0.4, -0.2) is 21.7 Å². The fraction of sp³-hybridized carbons (Fsp3) is 0.300. The molecule has 0 amide bonds. The number of alkyl halides is 3. The number of nitrogens with one attached hydrogen (secondary N) is 1. The lowest BCUT2D eigenvalue weighted by molar-refractivity contribution is -0.137. The molecule has 0 fully saturated rings. The maximum absolute atomic E-state index is 12.8. The molecule has 0 saturated carbocycles. The zero-order valence-electron chi connectivity index (χ0n) is 9.73. The molecule has 0 aromatic carbocycles. The van der Waals surface area contributed by atoms with Crippen molar-refractivity contribution in [2.24, 2.45) is 0 Å². The van der Waals surface area contributed by atoms with Crippen LogP contribution in [0.15, 0.2) is 27.0 Å². The average Bonchev–Trinajstić information content (AvgIpc) is 2.81. The Labute approximate surface area is 115 Å². The minimum absolute atomic E-state index is 0.198. The van der Waals surface area contributed by atoms with Gasteiger partial charge in [-0.05, 0) is 30.8 Å². The van der Waals surface area contributed by atoms with E-state index in [9.17, 15) is 13.2 Å². The van der Waals surface area contributed by atoms with Gasteiger partial charge in [0.15, 0.2) is 4.34 Å². The van der Waals surface area contributed by atoms with Crippen LogP contribution in [0.25, 0.3) is 0 Å². The number of halogens is 3. The van der Waals surface area contributed by atoms with Gasteiger partial charge in [0.25, 0.3) is 0 Å². The third-order valence-corrected chi connectivity index (χ3v) is 3.72. The summed E-state index contributed by atoms with van der Waals surface area (Å²) in [6.45, 7) is 2.29. The fourth-order valence-electron chi connectivity index (χ4n) is 1.29. The number of hydrogen-bond acceptors (Lipinski definition) is 6.